The molecule has 1 aliphatic rings. The van der Waals surface area contributed by atoms with E-state index in [-0.39, 0.29) is 16.5 Å². The molecule has 0 saturated carbocycles. The number of carbonyl (C=O) groups excluding carboxylic acids is 1. The molecule has 1 unspecified atom stereocenters. The summed E-state index contributed by atoms with van der Waals surface area (Å²) in [5, 5.41) is -0.0557. The van der Waals surface area contributed by atoms with Crippen molar-refractivity contribution < 1.29 is 17.9 Å². The highest BCUT2D eigenvalue weighted by atomic mass is 35.5. The molecule has 0 aromatic carbocycles. The lowest BCUT2D eigenvalue weighted by molar-refractivity contribution is -0.141. The maximum absolute atomic E-state index is 12.7. The molecule has 2 heterocycles. The van der Waals surface area contributed by atoms with Crippen LogP contribution in [0.25, 0.3) is 0 Å². The second-order valence-corrected chi connectivity index (χ2v) is 7.05. The Bertz CT molecular complexity index is 620. The van der Waals surface area contributed by atoms with Gasteiger partial charge in [0.15, 0.2) is 0 Å². The number of aromatic nitrogens is 1. The normalized spacial score (nSPS) is 20.2. The average Bonchev–Trinajstić information content (AvgIpc) is 2.47. The second kappa shape index (κ2) is 6.72. The number of nitrogens with zero attached hydrogens (tertiary/aromatic N) is 2. The number of carbonyl (C=O) groups is 1. The molecule has 1 atom stereocenters. The van der Waals surface area contributed by atoms with E-state index in [1.165, 1.54) is 29.7 Å². The lowest BCUT2D eigenvalue weighted by Gasteiger charge is -2.34. The average molecular weight is 333 g/mol. The van der Waals surface area contributed by atoms with Crippen molar-refractivity contribution in [1.82, 2.24) is 9.29 Å². The van der Waals surface area contributed by atoms with Crippen molar-refractivity contribution in [3.05, 3.63) is 23.5 Å². The first kappa shape index (κ1) is 16.2. The molecular formula is C13H17ClN2O4S. The minimum Gasteiger partial charge on any atom is -0.469 e. The summed E-state index contributed by atoms with van der Waals surface area (Å²) in [5.41, 5.74) is 0. The van der Waals surface area contributed by atoms with Crippen LogP contribution in [0.15, 0.2) is 23.2 Å². The molecule has 0 spiro atoms. The lowest BCUT2D eigenvalue weighted by Crippen LogP contribution is -2.44. The van der Waals surface area contributed by atoms with Crippen LogP contribution in [-0.2, 0) is 19.6 Å². The Hall–Kier alpha value is -1.18. The molecule has 0 radical (unpaired) electrons. The molecule has 1 aromatic rings. The Morgan fingerprint density at radius 3 is 2.95 bits per heavy atom. The fraction of sp³-hybridized carbons (Fsp3) is 0.538. The fourth-order valence-electron chi connectivity index (χ4n) is 2.46. The summed E-state index contributed by atoms with van der Waals surface area (Å²) < 4.78 is 31.5. The van der Waals surface area contributed by atoms with Crippen molar-refractivity contribution in [2.24, 2.45) is 0 Å². The first-order valence-electron chi connectivity index (χ1n) is 6.66. The van der Waals surface area contributed by atoms with E-state index in [9.17, 15) is 13.2 Å². The second-order valence-electron chi connectivity index (χ2n) is 4.84. The Labute approximate surface area is 129 Å². The Kier molecular flexibility index (Phi) is 5.18. The summed E-state index contributed by atoms with van der Waals surface area (Å²) in [6.45, 7) is 0.370. The fourth-order valence-corrected chi connectivity index (χ4v) is 4.58. The SMILES string of the molecule is COC(=O)CC1CCCCN1S(=O)(=O)c1cccnc1Cl. The summed E-state index contributed by atoms with van der Waals surface area (Å²) in [6, 6.07) is 2.56. The van der Waals surface area contributed by atoms with E-state index in [0.29, 0.717) is 13.0 Å². The van der Waals surface area contributed by atoms with Gasteiger partial charge in [-0.15, -0.1) is 0 Å². The minimum absolute atomic E-state index is 0.0246. The van der Waals surface area contributed by atoms with Crippen molar-refractivity contribution >= 4 is 27.6 Å². The van der Waals surface area contributed by atoms with Gasteiger partial charge in [0.25, 0.3) is 0 Å². The van der Waals surface area contributed by atoms with Crippen LogP contribution in [0.3, 0.4) is 0 Å². The van der Waals surface area contributed by atoms with Crippen molar-refractivity contribution in [2.75, 3.05) is 13.7 Å². The number of methoxy groups -OCH3 is 1. The van der Waals surface area contributed by atoms with Gasteiger partial charge >= 0.3 is 5.97 Å². The van der Waals surface area contributed by atoms with Crippen LogP contribution in [0.1, 0.15) is 25.7 Å². The van der Waals surface area contributed by atoms with Crippen LogP contribution in [-0.4, -0.2) is 43.4 Å². The van der Waals surface area contributed by atoms with Gasteiger partial charge in [-0.1, -0.05) is 18.0 Å². The van der Waals surface area contributed by atoms with Gasteiger partial charge < -0.3 is 4.74 Å². The summed E-state index contributed by atoms with van der Waals surface area (Å²) in [4.78, 5) is 15.3. The van der Waals surface area contributed by atoms with Crippen molar-refractivity contribution in [1.29, 1.82) is 0 Å². The van der Waals surface area contributed by atoms with E-state index in [2.05, 4.69) is 9.72 Å². The Morgan fingerprint density at radius 1 is 1.52 bits per heavy atom. The zero-order valence-electron chi connectivity index (χ0n) is 11.7. The van der Waals surface area contributed by atoms with Crippen molar-refractivity contribution in [2.45, 2.75) is 36.6 Å². The predicted molar refractivity (Wildman–Crippen MR) is 77.4 cm³/mol. The monoisotopic (exact) mass is 332 g/mol. The number of hydrogen-bond acceptors (Lipinski definition) is 5. The topological polar surface area (TPSA) is 76.6 Å². The third kappa shape index (κ3) is 3.53. The van der Waals surface area contributed by atoms with Crippen molar-refractivity contribution in [3.63, 3.8) is 0 Å². The summed E-state index contributed by atoms with van der Waals surface area (Å²) in [6.07, 6.45) is 3.76. The number of rotatable bonds is 4. The molecule has 1 aliphatic heterocycles. The van der Waals surface area contributed by atoms with Crippen LogP contribution in [0.4, 0.5) is 0 Å². The number of halogens is 1. The van der Waals surface area contributed by atoms with Crippen LogP contribution >= 0.6 is 11.6 Å². The van der Waals surface area contributed by atoms with E-state index >= 15 is 0 Å². The molecule has 1 fully saturated rings. The van der Waals surface area contributed by atoms with Gasteiger partial charge in [-0.05, 0) is 25.0 Å². The molecule has 6 nitrogen and oxygen atoms in total. The molecule has 0 bridgehead atoms. The smallest absolute Gasteiger partial charge is 0.307 e. The van der Waals surface area contributed by atoms with E-state index < -0.39 is 22.0 Å². The number of pyridine rings is 1. The highest BCUT2D eigenvalue weighted by molar-refractivity contribution is 7.89. The first-order chi connectivity index (χ1) is 9.96. The molecule has 1 aromatic heterocycles. The van der Waals surface area contributed by atoms with E-state index in [1.54, 1.807) is 0 Å². The molecule has 0 amide bonds. The predicted octanol–water partition coefficient (Wildman–Crippen LogP) is 1.84. The Morgan fingerprint density at radius 2 is 2.29 bits per heavy atom. The summed E-state index contributed by atoms with van der Waals surface area (Å²) in [5.74, 6) is -0.417. The molecule has 0 N–H and O–H groups in total. The van der Waals surface area contributed by atoms with Gasteiger partial charge in [-0.3, -0.25) is 4.79 Å². The maximum Gasteiger partial charge on any atom is 0.307 e. The van der Waals surface area contributed by atoms with Gasteiger partial charge in [0.2, 0.25) is 10.0 Å². The number of hydrogen-bond donors (Lipinski definition) is 0. The van der Waals surface area contributed by atoms with E-state index in [1.807, 2.05) is 0 Å². The zero-order chi connectivity index (χ0) is 15.5. The quantitative estimate of drug-likeness (QED) is 0.621. The molecule has 8 heteroatoms. The third-order valence-corrected chi connectivity index (χ3v) is 5.91. The number of ether oxygens (including phenoxy) is 1. The van der Waals surface area contributed by atoms with E-state index in [0.717, 1.165) is 12.8 Å². The largest absolute Gasteiger partial charge is 0.469 e. The standard InChI is InChI=1S/C13H17ClN2O4S/c1-20-12(17)9-10-5-2-3-8-16(10)21(18,19)11-6-4-7-15-13(11)14/h4,6-7,10H,2-3,5,8-9H2,1H3. The van der Waals surface area contributed by atoms with E-state index in [4.69, 9.17) is 11.6 Å². The van der Waals surface area contributed by atoms with Crippen LogP contribution in [0.5, 0.6) is 0 Å². The molecule has 0 aliphatic carbocycles. The van der Waals surface area contributed by atoms with Gasteiger partial charge in [0.05, 0.1) is 13.5 Å². The lowest BCUT2D eigenvalue weighted by atomic mass is 10.0. The summed E-state index contributed by atoms with van der Waals surface area (Å²) in [7, 11) is -2.47. The summed E-state index contributed by atoms with van der Waals surface area (Å²) >= 11 is 5.90. The van der Waals surface area contributed by atoms with Crippen LogP contribution < -0.4 is 0 Å². The highest BCUT2D eigenvalue weighted by Gasteiger charge is 2.36. The van der Waals surface area contributed by atoms with Gasteiger partial charge in [0.1, 0.15) is 10.0 Å². The van der Waals surface area contributed by atoms with Crippen LogP contribution in [0, 0.1) is 0 Å². The molecule has 2 rings (SSSR count). The Balaban J connectivity index is 2.32. The molecule has 21 heavy (non-hydrogen) atoms. The minimum atomic E-state index is -3.76. The molecule has 116 valence electrons. The highest BCUT2D eigenvalue weighted by Crippen LogP contribution is 2.29. The molecule has 1 saturated heterocycles. The third-order valence-electron chi connectivity index (χ3n) is 3.51. The first-order valence-corrected chi connectivity index (χ1v) is 8.48. The number of esters is 1. The number of sulfonamides is 1. The number of piperidine rings is 1. The van der Waals surface area contributed by atoms with Crippen molar-refractivity contribution in [3.8, 4) is 0 Å². The zero-order valence-corrected chi connectivity index (χ0v) is 13.2. The maximum atomic E-state index is 12.7. The molecular weight excluding hydrogens is 316 g/mol. The van der Waals surface area contributed by atoms with Crippen LogP contribution in [0.2, 0.25) is 5.15 Å². The van der Waals surface area contributed by atoms with Gasteiger partial charge in [-0.2, -0.15) is 4.31 Å². The van der Waals surface area contributed by atoms with Gasteiger partial charge in [-0.25, -0.2) is 13.4 Å². The van der Waals surface area contributed by atoms with Gasteiger partial charge in [0, 0.05) is 18.8 Å².